The van der Waals surface area contributed by atoms with Crippen LogP contribution in [0.4, 0.5) is 0 Å². The van der Waals surface area contributed by atoms with E-state index in [1.807, 2.05) is 41.5 Å². The minimum atomic E-state index is 0. The first-order valence-electron chi connectivity index (χ1n) is 10.3. The molecule has 2 rings (SSSR count). The summed E-state index contributed by atoms with van der Waals surface area (Å²) < 4.78 is 0. The standard InChI is InChI=1S/C8H16.C7H14.3C2H6.2CH4/c1-8-6-4-2-3-5-7-8;1-7-5-3-2-4-6-7;3*1-2;;/h8H,2-7H2,1H3;7H,2-6H2,1H3;3*1-2H3;2*1H4. The molecule has 0 aromatic rings. The maximum absolute atomic E-state index is 2.38. The van der Waals surface area contributed by atoms with Gasteiger partial charge in [0.05, 0.1) is 0 Å². The van der Waals surface area contributed by atoms with Crippen molar-refractivity contribution in [3.8, 4) is 0 Å². The van der Waals surface area contributed by atoms with E-state index >= 15 is 0 Å². The average Bonchev–Trinajstić information content (AvgIpc) is 2.82. The molecule has 0 spiro atoms. The van der Waals surface area contributed by atoms with Gasteiger partial charge in [-0.1, -0.05) is 141 Å². The van der Waals surface area contributed by atoms with Gasteiger partial charge in [-0.15, -0.1) is 0 Å². The summed E-state index contributed by atoms with van der Waals surface area (Å²) in [5.74, 6) is 2.06. The van der Waals surface area contributed by atoms with E-state index in [0.29, 0.717) is 0 Å². The minimum Gasteiger partial charge on any atom is -0.0776 e. The second kappa shape index (κ2) is 33.6. The molecular formula is C23H56. The Kier molecular flexibility index (Phi) is 50.1. The Morgan fingerprint density at radius 2 is 0.565 bits per heavy atom. The van der Waals surface area contributed by atoms with Crippen LogP contribution in [-0.2, 0) is 0 Å². The molecule has 0 heterocycles. The molecule has 23 heavy (non-hydrogen) atoms. The molecule has 148 valence electrons. The Morgan fingerprint density at radius 3 is 0.783 bits per heavy atom. The molecule has 0 bridgehead atoms. The molecule has 0 heteroatoms. The summed E-state index contributed by atoms with van der Waals surface area (Å²) in [4.78, 5) is 0. The van der Waals surface area contributed by atoms with E-state index in [-0.39, 0.29) is 14.9 Å². The zero-order valence-electron chi connectivity index (χ0n) is 16.9. The topological polar surface area (TPSA) is 0 Å². The fraction of sp³-hybridized carbons (Fsp3) is 1.00. The van der Waals surface area contributed by atoms with Gasteiger partial charge in [0, 0.05) is 0 Å². The van der Waals surface area contributed by atoms with Crippen LogP contribution in [0.5, 0.6) is 0 Å². The van der Waals surface area contributed by atoms with Gasteiger partial charge < -0.3 is 0 Å². The van der Waals surface area contributed by atoms with Crippen molar-refractivity contribution in [2.75, 3.05) is 0 Å². The van der Waals surface area contributed by atoms with Crippen molar-refractivity contribution >= 4 is 0 Å². The Hall–Kier alpha value is 0. The third kappa shape index (κ3) is 30.4. The van der Waals surface area contributed by atoms with Gasteiger partial charge in [-0.25, -0.2) is 0 Å². The molecule has 0 saturated heterocycles. The fourth-order valence-corrected chi connectivity index (χ4v) is 2.79. The van der Waals surface area contributed by atoms with E-state index in [1.54, 1.807) is 0 Å². The van der Waals surface area contributed by atoms with Gasteiger partial charge in [0.25, 0.3) is 0 Å². The van der Waals surface area contributed by atoms with E-state index < -0.39 is 0 Å². The average molecular weight is 333 g/mol. The molecule has 2 aliphatic rings. The summed E-state index contributed by atoms with van der Waals surface area (Å²) in [5, 5.41) is 0. The van der Waals surface area contributed by atoms with Gasteiger partial charge in [0.2, 0.25) is 0 Å². The van der Waals surface area contributed by atoms with Crippen molar-refractivity contribution in [2.24, 2.45) is 11.8 Å². The van der Waals surface area contributed by atoms with Crippen LogP contribution < -0.4 is 0 Å². The maximum Gasteiger partial charge on any atom is -0.0443 e. The molecule has 0 nitrogen and oxygen atoms in total. The second-order valence-corrected chi connectivity index (χ2v) is 5.84. The highest BCUT2D eigenvalue weighted by Crippen LogP contribution is 2.22. The Bertz CT molecular complexity index is 125. The summed E-state index contributed by atoms with van der Waals surface area (Å²) in [5.41, 5.74) is 0. The molecule has 2 saturated carbocycles. The Morgan fingerprint density at radius 1 is 0.391 bits per heavy atom. The summed E-state index contributed by atoms with van der Waals surface area (Å²) in [6.45, 7) is 16.7. The molecule has 2 aliphatic carbocycles. The van der Waals surface area contributed by atoms with Gasteiger partial charge in [-0.05, 0) is 11.8 Å². The molecule has 0 atom stereocenters. The second-order valence-electron chi connectivity index (χ2n) is 5.84. The number of rotatable bonds is 0. The summed E-state index contributed by atoms with van der Waals surface area (Å²) in [6, 6.07) is 0. The summed E-state index contributed by atoms with van der Waals surface area (Å²) >= 11 is 0. The minimum absolute atomic E-state index is 0. The third-order valence-corrected chi connectivity index (χ3v) is 4.04. The Labute approximate surface area is 153 Å². The first-order valence-corrected chi connectivity index (χ1v) is 10.3. The first-order chi connectivity index (χ1) is 10.3. The SMILES string of the molecule is C.C.CC.CC.CC.CC1CCCCC1.CC1CCCCCC1. The smallest absolute Gasteiger partial charge is 0.0443 e. The van der Waals surface area contributed by atoms with Crippen LogP contribution in [0.1, 0.15) is 141 Å². The van der Waals surface area contributed by atoms with Crippen molar-refractivity contribution in [3.63, 3.8) is 0 Å². The lowest BCUT2D eigenvalue weighted by Crippen LogP contribution is -1.99. The van der Waals surface area contributed by atoms with Crippen LogP contribution in [0.3, 0.4) is 0 Å². The van der Waals surface area contributed by atoms with Gasteiger partial charge in [0.15, 0.2) is 0 Å². The lowest BCUT2D eigenvalue weighted by Gasteiger charge is -2.15. The van der Waals surface area contributed by atoms with E-state index in [2.05, 4.69) is 13.8 Å². The molecule has 0 unspecified atom stereocenters. The van der Waals surface area contributed by atoms with Crippen LogP contribution in [0.15, 0.2) is 0 Å². The third-order valence-electron chi connectivity index (χ3n) is 4.04. The fourth-order valence-electron chi connectivity index (χ4n) is 2.79. The molecule has 0 aromatic heterocycles. The first kappa shape index (κ1) is 34.4. The number of hydrogen-bond donors (Lipinski definition) is 0. The Balaban J connectivity index is -0.0000000668. The lowest BCUT2D eigenvalue weighted by atomic mass is 9.91. The van der Waals surface area contributed by atoms with Crippen molar-refractivity contribution in [1.29, 1.82) is 0 Å². The maximum atomic E-state index is 2.38. The summed E-state index contributed by atoms with van der Waals surface area (Å²) in [6.07, 6.45) is 16.4. The van der Waals surface area contributed by atoms with Crippen LogP contribution >= 0.6 is 0 Å². The van der Waals surface area contributed by atoms with E-state index in [4.69, 9.17) is 0 Å². The predicted octanol–water partition coefficient (Wildman–Crippen LogP) is 9.91. The predicted molar refractivity (Wildman–Crippen MR) is 117 cm³/mol. The van der Waals surface area contributed by atoms with Crippen molar-refractivity contribution in [3.05, 3.63) is 0 Å². The van der Waals surface area contributed by atoms with E-state index in [9.17, 15) is 0 Å². The monoisotopic (exact) mass is 332 g/mol. The van der Waals surface area contributed by atoms with E-state index in [0.717, 1.165) is 11.8 Å². The highest BCUT2D eigenvalue weighted by atomic mass is 14.1. The molecule has 0 amide bonds. The normalized spacial score (nSPS) is 17.2. The molecule has 0 radical (unpaired) electrons. The molecule has 0 aliphatic heterocycles. The van der Waals surface area contributed by atoms with Crippen LogP contribution in [0, 0.1) is 11.8 Å². The van der Waals surface area contributed by atoms with Gasteiger partial charge in [-0.3, -0.25) is 0 Å². The quantitative estimate of drug-likeness (QED) is 0.387. The van der Waals surface area contributed by atoms with E-state index in [1.165, 1.54) is 70.6 Å². The highest BCUT2D eigenvalue weighted by Gasteiger charge is 2.06. The van der Waals surface area contributed by atoms with Gasteiger partial charge in [0.1, 0.15) is 0 Å². The molecule has 0 aromatic carbocycles. The van der Waals surface area contributed by atoms with Crippen LogP contribution in [0.2, 0.25) is 0 Å². The van der Waals surface area contributed by atoms with Crippen molar-refractivity contribution in [2.45, 2.75) is 141 Å². The number of hydrogen-bond acceptors (Lipinski definition) is 0. The van der Waals surface area contributed by atoms with Gasteiger partial charge in [-0.2, -0.15) is 0 Å². The zero-order valence-corrected chi connectivity index (χ0v) is 16.9. The zero-order chi connectivity index (χ0) is 16.9. The largest absolute Gasteiger partial charge is 0.0776 e. The van der Waals surface area contributed by atoms with Crippen LogP contribution in [-0.4, -0.2) is 0 Å². The van der Waals surface area contributed by atoms with Crippen molar-refractivity contribution < 1.29 is 0 Å². The molecular weight excluding hydrogens is 276 g/mol. The highest BCUT2D eigenvalue weighted by molar-refractivity contribution is 4.60. The lowest BCUT2D eigenvalue weighted by molar-refractivity contribution is 0.385. The molecule has 2 fully saturated rings. The molecule has 0 N–H and O–H groups in total. The van der Waals surface area contributed by atoms with Crippen molar-refractivity contribution in [1.82, 2.24) is 0 Å². The van der Waals surface area contributed by atoms with Crippen LogP contribution in [0.25, 0.3) is 0 Å². The van der Waals surface area contributed by atoms with Gasteiger partial charge >= 0.3 is 0 Å². The summed E-state index contributed by atoms with van der Waals surface area (Å²) in [7, 11) is 0.